The normalized spacial score (nSPS) is 12.6. The molecule has 1 aromatic carbocycles. The van der Waals surface area contributed by atoms with E-state index in [2.05, 4.69) is 5.32 Å². The second-order valence-electron chi connectivity index (χ2n) is 6.79. The summed E-state index contributed by atoms with van der Waals surface area (Å²) >= 11 is 0. The molecule has 0 aliphatic carbocycles. The Kier molecular flexibility index (Phi) is 5.78. The Bertz CT molecular complexity index is 1200. The highest BCUT2D eigenvalue weighted by molar-refractivity contribution is 6.00. The lowest BCUT2D eigenvalue weighted by Crippen LogP contribution is -2.43. The van der Waals surface area contributed by atoms with Crippen LogP contribution in [-0.4, -0.2) is 37.3 Å². The molecule has 2 heterocycles. The van der Waals surface area contributed by atoms with E-state index in [0.717, 1.165) is 16.8 Å². The summed E-state index contributed by atoms with van der Waals surface area (Å²) in [5.41, 5.74) is -1.99. The minimum atomic E-state index is -4.51. The second-order valence-corrected chi connectivity index (χ2v) is 6.79. The summed E-state index contributed by atoms with van der Waals surface area (Å²) in [6.07, 6.45) is -3.02. The molecule has 31 heavy (non-hydrogen) atoms. The number of benzene rings is 1. The van der Waals surface area contributed by atoms with Gasteiger partial charge in [0.05, 0.1) is 12.1 Å². The highest BCUT2D eigenvalue weighted by Gasteiger charge is 2.30. The topological polar surface area (TPSA) is 113 Å². The van der Waals surface area contributed by atoms with Gasteiger partial charge in [-0.3, -0.25) is 14.1 Å². The van der Waals surface area contributed by atoms with Crippen molar-refractivity contribution in [2.45, 2.75) is 32.1 Å². The van der Waals surface area contributed by atoms with Crippen LogP contribution in [0.1, 0.15) is 34.8 Å². The Balaban J connectivity index is 2.06. The Hall–Kier alpha value is -3.76. The number of carboxylic acid groups (broad SMARTS) is 1. The van der Waals surface area contributed by atoms with Crippen molar-refractivity contribution in [1.29, 1.82) is 0 Å². The van der Waals surface area contributed by atoms with Crippen molar-refractivity contribution in [2.75, 3.05) is 0 Å². The van der Waals surface area contributed by atoms with Gasteiger partial charge in [-0.2, -0.15) is 13.2 Å². The fraction of sp³-hybridized carbons (Fsp3) is 0.250. The molecule has 0 bridgehead atoms. The first-order chi connectivity index (χ1) is 14.5. The first kappa shape index (κ1) is 21.9. The molecule has 0 aliphatic heterocycles. The van der Waals surface area contributed by atoms with Gasteiger partial charge < -0.3 is 15.5 Å². The monoisotopic (exact) mass is 437 g/mol. The van der Waals surface area contributed by atoms with Gasteiger partial charge in [0.2, 0.25) is 0 Å². The summed E-state index contributed by atoms with van der Waals surface area (Å²) in [5, 5.41) is 21.8. The standard InChI is InChI=1S/C20H18F3N3O5/c1-2-13(19(30)31)24-17(28)15-16(27)14-4-3-9-25(14)26(18(15)29)10-11-5-7-12(8-6-11)20(21,22)23/h3-9,13,27H,2,10H2,1H3,(H,24,28)(H,30,31). The number of hydrogen-bond donors (Lipinski definition) is 3. The van der Waals surface area contributed by atoms with Gasteiger partial charge in [0, 0.05) is 6.20 Å². The predicted molar refractivity (Wildman–Crippen MR) is 103 cm³/mol. The van der Waals surface area contributed by atoms with E-state index in [4.69, 9.17) is 5.11 Å². The van der Waals surface area contributed by atoms with Crippen LogP contribution < -0.4 is 10.9 Å². The van der Waals surface area contributed by atoms with Crippen LogP contribution in [0.5, 0.6) is 5.75 Å². The van der Waals surface area contributed by atoms with Crippen LogP contribution in [-0.2, 0) is 17.5 Å². The molecular weight excluding hydrogens is 419 g/mol. The molecular formula is C20H18F3N3O5. The number of amides is 1. The maximum Gasteiger partial charge on any atom is 0.416 e. The van der Waals surface area contributed by atoms with E-state index in [1.807, 2.05) is 0 Å². The number of nitrogens with zero attached hydrogens (tertiary/aromatic N) is 2. The third-order valence-electron chi connectivity index (χ3n) is 4.77. The van der Waals surface area contributed by atoms with Crippen molar-refractivity contribution < 1.29 is 33.0 Å². The molecule has 0 radical (unpaired) electrons. The average Bonchev–Trinajstić information content (AvgIpc) is 3.19. The predicted octanol–water partition coefficient (Wildman–Crippen LogP) is 2.47. The summed E-state index contributed by atoms with van der Waals surface area (Å²) in [5.74, 6) is -3.00. The summed E-state index contributed by atoms with van der Waals surface area (Å²) < 4.78 is 40.7. The van der Waals surface area contributed by atoms with E-state index in [-0.39, 0.29) is 18.5 Å². The molecule has 3 rings (SSSR count). The molecule has 2 aromatic heterocycles. The number of aliphatic carboxylic acids is 1. The Morgan fingerprint density at radius 3 is 2.35 bits per heavy atom. The molecule has 0 saturated carbocycles. The van der Waals surface area contributed by atoms with Crippen LogP contribution in [0.2, 0.25) is 0 Å². The van der Waals surface area contributed by atoms with Gasteiger partial charge >= 0.3 is 12.1 Å². The second kappa shape index (κ2) is 8.17. The molecule has 1 unspecified atom stereocenters. The number of halogens is 3. The fourth-order valence-electron chi connectivity index (χ4n) is 3.12. The molecule has 0 fully saturated rings. The number of aromatic hydroxyl groups is 1. The molecule has 0 aliphatic rings. The SMILES string of the molecule is CCC(NC(=O)c1c(O)c2cccn2n(Cc2ccc(C(F)(F)F)cc2)c1=O)C(=O)O. The number of nitrogens with one attached hydrogen (secondary N) is 1. The van der Waals surface area contributed by atoms with Crippen LogP contribution in [0, 0.1) is 0 Å². The summed E-state index contributed by atoms with van der Waals surface area (Å²) in [6, 6.07) is 5.83. The zero-order chi connectivity index (χ0) is 22.9. The van der Waals surface area contributed by atoms with Crippen LogP contribution in [0.3, 0.4) is 0 Å². The number of carboxylic acids is 1. The maximum atomic E-state index is 13.0. The molecule has 8 nitrogen and oxygen atoms in total. The molecule has 1 amide bonds. The van der Waals surface area contributed by atoms with Gasteiger partial charge in [-0.15, -0.1) is 0 Å². The number of aromatic nitrogens is 2. The quantitative estimate of drug-likeness (QED) is 0.548. The Morgan fingerprint density at radius 1 is 1.16 bits per heavy atom. The minimum Gasteiger partial charge on any atom is -0.505 e. The highest BCUT2D eigenvalue weighted by Crippen LogP contribution is 2.29. The Labute approximate surface area is 173 Å². The molecule has 11 heteroatoms. The summed E-state index contributed by atoms with van der Waals surface area (Å²) in [4.78, 5) is 36.8. The van der Waals surface area contributed by atoms with Gasteiger partial charge in [0.15, 0.2) is 5.75 Å². The van der Waals surface area contributed by atoms with Gasteiger partial charge in [0.25, 0.3) is 11.5 Å². The first-order valence-electron chi connectivity index (χ1n) is 9.17. The van der Waals surface area contributed by atoms with Crippen LogP contribution >= 0.6 is 0 Å². The molecule has 0 saturated heterocycles. The van der Waals surface area contributed by atoms with E-state index < -0.39 is 46.5 Å². The van der Waals surface area contributed by atoms with E-state index in [1.54, 1.807) is 0 Å². The first-order valence-corrected chi connectivity index (χ1v) is 9.17. The Morgan fingerprint density at radius 2 is 1.81 bits per heavy atom. The van der Waals surface area contributed by atoms with Crippen molar-refractivity contribution in [3.63, 3.8) is 0 Å². The van der Waals surface area contributed by atoms with Crippen molar-refractivity contribution in [3.8, 4) is 5.75 Å². The summed E-state index contributed by atoms with van der Waals surface area (Å²) in [7, 11) is 0. The number of rotatable bonds is 6. The lowest BCUT2D eigenvalue weighted by molar-refractivity contribution is -0.139. The molecule has 1 atom stereocenters. The van der Waals surface area contributed by atoms with Crippen molar-refractivity contribution in [3.05, 3.63) is 69.6 Å². The number of carbonyl (C=O) groups is 2. The molecule has 3 aromatic rings. The van der Waals surface area contributed by atoms with Crippen molar-refractivity contribution in [1.82, 2.24) is 14.5 Å². The molecule has 0 spiro atoms. The lowest BCUT2D eigenvalue weighted by atomic mass is 10.1. The third-order valence-corrected chi connectivity index (χ3v) is 4.77. The lowest BCUT2D eigenvalue weighted by Gasteiger charge is -2.16. The number of alkyl halides is 3. The van der Waals surface area contributed by atoms with E-state index in [1.165, 1.54) is 41.9 Å². The number of fused-ring (bicyclic) bond motifs is 1. The van der Waals surface area contributed by atoms with Gasteiger partial charge in [0.1, 0.15) is 17.1 Å². The number of hydrogen-bond acceptors (Lipinski definition) is 4. The smallest absolute Gasteiger partial charge is 0.416 e. The van der Waals surface area contributed by atoms with Crippen LogP contribution in [0.4, 0.5) is 13.2 Å². The van der Waals surface area contributed by atoms with Crippen molar-refractivity contribution >= 4 is 17.4 Å². The average molecular weight is 437 g/mol. The van der Waals surface area contributed by atoms with E-state index in [9.17, 15) is 32.7 Å². The van der Waals surface area contributed by atoms with Gasteiger partial charge in [-0.1, -0.05) is 19.1 Å². The third kappa shape index (κ3) is 4.25. The van der Waals surface area contributed by atoms with Crippen LogP contribution in [0.25, 0.3) is 5.52 Å². The van der Waals surface area contributed by atoms with E-state index >= 15 is 0 Å². The molecule has 3 N–H and O–H groups in total. The largest absolute Gasteiger partial charge is 0.505 e. The fourth-order valence-corrected chi connectivity index (χ4v) is 3.12. The highest BCUT2D eigenvalue weighted by atomic mass is 19.4. The maximum absolute atomic E-state index is 13.0. The van der Waals surface area contributed by atoms with Gasteiger partial charge in [-0.25, -0.2) is 9.48 Å². The van der Waals surface area contributed by atoms with Gasteiger partial charge in [-0.05, 0) is 36.2 Å². The van der Waals surface area contributed by atoms with Crippen molar-refractivity contribution in [2.24, 2.45) is 0 Å². The van der Waals surface area contributed by atoms with Crippen LogP contribution in [0.15, 0.2) is 47.4 Å². The minimum absolute atomic E-state index is 0.0505. The zero-order valence-corrected chi connectivity index (χ0v) is 16.2. The number of carbonyl (C=O) groups excluding carboxylic acids is 1. The zero-order valence-electron chi connectivity index (χ0n) is 16.2. The molecule has 164 valence electrons. The summed E-state index contributed by atoms with van der Waals surface area (Å²) in [6.45, 7) is 1.33. The van der Waals surface area contributed by atoms with E-state index in [0.29, 0.717) is 5.56 Å².